The van der Waals surface area contributed by atoms with Gasteiger partial charge < -0.3 is 11.1 Å². The van der Waals surface area contributed by atoms with Crippen LogP contribution in [0.2, 0.25) is 0 Å². The van der Waals surface area contributed by atoms with Crippen LogP contribution in [0, 0.1) is 11.8 Å². The standard InChI is InChI=1S/C10H24N2/c1-8(2)5-10(11)7-12-6-9(3)4/h8-10,12H,5-7,11H2,1-4H3. The minimum Gasteiger partial charge on any atom is -0.327 e. The van der Waals surface area contributed by atoms with Crippen LogP contribution in [-0.2, 0) is 0 Å². The van der Waals surface area contributed by atoms with Gasteiger partial charge in [-0.2, -0.15) is 0 Å². The maximum absolute atomic E-state index is 5.90. The van der Waals surface area contributed by atoms with Crippen LogP contribution >= 0.6 is 0 Å². The highest BCUT2D eigenvalue weighted by molar-refractivity contribution is 4.66. The fourth-order valence-electron chi connectivity index (χ4n) is 1.25. The van der Waals surface area contributed by atoms with E-state index in [0.717, 1.165) is 25.4 Å². The molecule has 0 aliphatic rings. The molecule has 0 aromatic heterocycles. The maximum atomic E-state index is 5.90. The van der Waals surface area contributed by atoms with Crippen molar-refractivity contribution in [2.75, 3.05) is 13.1 Å². The molecule has 0 bridgehead atoms. The Kier molecular flexibility index (Phi) is 6.39. The molecule has 0 heterocycles. The largest absolute Gasteiger partial charge is 0.327 e. The maximum Gasteiger partial charge on any atom is 0.0167 e. The van der Waals surface area contributed by atoms with Crippen LogP contribution in [0.25, 0.3) is 0 Å². The quantitative estimate of drug-likeness (QED) is 0.639. The Morgan fingerprint density at radius 3 is 2.00 bits per heavy atom. The topological polar surface area (TPSA) is 38.0 Å². The lowest BCUT2D eigenvalue weighted by Crippen LogP contribution is -2.36. The third-order valence-corrected chi connectivity index (χ3v) is 1.73. The third-order valence-electron chi connectivity index (χ3n) is 1.73. The summed E-state index contributed by atoms with van der Waals surface area (Å²) in [6.45, 7) is 10.9. The Balaban J connectivity index is 3.25. The zero-order valence-corrected chi connectivity index (χ0v) is 8.93. The molecule has 0 aromatic carbocycles. The molecule has 0 fully saturated rings. The molecule has 2 heteroatoms. The molecule has 12 heavy (non-hydrogen) atoms. The third kappa shape index (κ3) is 8.02. The second-order valence-corrected chi connectivity index (χ2v) is 4.44. The Hall–Kier alpha value is -0.0800. The van der Waals surface area contributed by atoms with Crippen molar-refractivity contribution < 1.29 is 0 Å². The second-order valence-electron chi connectivity index (χ2n) is 4.44. The van der Waals surface area contributed by atoms with E-state index in [1.807, 2.05) is 0 Å². The van der Waals surface area contributed by atoms with Crippen LogP contribution in [0.1, 0.15) is 34.1 Å². The molecule has 0 radical (unpaired) electrons. The first-order chi connectivity index (χ1) is 5.52. The Bertz CT molecular complexity index is 100. The van der Waals surface area contributed by atoms with Crippen molar-refractivity contribution in [2.45, 2.75) is 40.2 Å². The molecule has 2 nitrogen and oxygen atoms in total. The predicted octanol–water partition coefficient (Wildman–Crippen LogP) is 1.61. The molecule has 1 atom stereocenters. The van der Waals surface area contributed by atoms with E-state index < -0.39 is 0 Å². The van der Waals surface area contributed by atoms with Gasteiger partial charge >= 0.3 is 0 Å². The van der Waals surface area contributed by atoms with Crippen molar-refractivity contribution in [1.29, 1.82) is 0 Å². The van der Waals surface area contributed by atoms with E-state index >= 15 is 0 Å². The van der Waals surface area contributed by atoms with Crippen molar-refractivity contribution in [3.05, 3.63) is 0 Å². The van der Waals surface area contributed by atoms with E-state index in [1.165, 1.54) is 0 Å². The summed E-state index contributed by atoms with van der Waals surface area (Å²) >= 11 is 0. The van der Waals surface area contributed by atoms with Gasteiger partial charge in [0.15, 0.2) is 0 Å². The number of nitrogens with one attached hydrogen (secondary N) is 1. The Labute approximate surface area is 76.9 Å². The van der Waals surface area contributed by atoms with Crippen molar-refractivity contribution in [3.8, 4) is 0 Å². The van der Waals surface area contributed by atoms with Crippen molar-refractivity contribution in [1.82, 2.24) is 5.32 Å². The molecular formula is C10H24N2. The van der Waals surface area contributed by atoms with Crippen LogP contribution in [-0.4, -0.2) is 19.1 Å². The fourth-order valence-corrected chi connectivity index (χ4v) is 1.25. The first kappa shape index (κ1) is 11.9. The predicted molar refractivity (Wildman–Crippen MR) is 55.1 cm³/mol. The summed E-state index contributed by atoms with van der Waals surface area (Å²) < 4.78 is 0. The molecular weight excluding hydrogens is 148 g/mol. The lowest BCUT2D eigenvalue weighted by molar-refractivity contribution is 0.450. The van der Waals surface area contributed by atoms with E-state index in [2.05, 4.69) is 33.0 Å². The minimum atomic E-state index is 0.323. The summed E-state index contributed by atoms with van der Waals surface area (Å²) in [5, 5.41) is 3.36. The normalized spacial score (nSPS) is 14.2. The van der Waals surface area contributed by atoms with Crippen LogP contribution in [0.15, 0.2) is 0 Å². The van der Waals surface area contributed by atoms with Gasteiger partial charge in [0.25, 0.3) is 0 Å². The molecule has 0 saturated heterocycles. The minimum absolute atomic E-state index is 0.323. The number of hydrogen-bond donors (Lipinski definition) is 2. The summed E-state index contributed by atoms with van der Waals surface area (Å²) in [6, 6.07) is 0.323. The summed E-state index contributed by atoms with van der Waals surface area (Å²) in [5.74, 6) is 1.43. The summed E-state index contributed by atoms with van der Waals surface area (Å²) in [5.41, 5.74) is 5.90. The van der Waals surface area contributed by atoms with E-state index in [1.54, 1.807) is 0 Å². The van der Waals surface area contributed by atoms with Crippen molar-refractivity contribution in [2.24, 2.45) is 17.6 Å². The number of nitrogens with two attached hydrogens (primary N) is 1. The average molecular weight is 172 g/mol. The number of hydrogen-bond acceptors (Lipinski definition) is 2. The first-order valence-corrected chi connectivity index (χ1v) is 4.98. The van der Waals surface area contributed by atoms with Gasteiger partial charge in [0, 0.05) is 12.6 Å². The van der Waals surface area contributed by atoms with Crippen molar-refractivity contribution in [3.63, 3.8) is 0 Å². The lowest BCUT2D eigenvalue weighted by atomic mass is 10.0. The SMILES string of the molecule is CC(C)CNCC(N)CC(C)C. The molecule has 0 saturated carbocycles. The van der Waals surface area contributed by atoms with Gasteiger partial charge in [0.1, 0.15) is 0 Å². The van der Waals surface area contributed by atoms with E-state index in [-0.39, 0.29) is 0 Å². The van der Waals surface area contributed by atoms with Gasteiger partial charge in [-0.25, -0.2) is 0 Å². The zero-order valence-electron chi connectivity index (χ0n) is 8.93. The summed E-state index contributed by atoms with van der Waals surface area (Å²) in [4.78, 5) is 0. The van der Waals surface area contributed by atoms with Gasteiger partial charge in [-0.05, 0) is 24.8 Å². The highest BCUT2D eigenvalue weighted by Gasteiger charge is 2.04. The highest BCUT2D eigenvalue weighted by atomic mass is 14.9. The van der Waals surface area contributed by atoms with Gasteiger partial charge in [-0.15, -0.1) is 0 Å². The molecule has 3 N–H and O–H groups in total. The molecule has 0 aliphatic carbocycles. The molecule has 0 aromatic rings. The fraction of sp³-hybridized carbons (Fsp3) is 1.00. The monoisotopic (exact) mass is 172 g/mol. The van der Waals surface area contributed by atoms with Crippen LogP contribution < -0.4 is 11.1 Å². The summed E-state index contributed by atoms with van der Waals surface area (Å²) in [6.07, 6.45) is 1.12. The van der Waals surface area contributed by atoms with E-state index in [4.69, 9.17) is 5.73 Å². The number of rotatable bonds is 6. The van der Waals surface area contributed by atoms with Crippen LogP contribution in [0.5, 0.6) is 0 Å². The molecule has 1 unspecified atom stereocenters. The Morgan fingerprint density at radius 2 is 1.58 bits per heavy atom. The van der Waals surface area contributed by atoms with Gasteiger partial charge in [0.05, 0.1) is 0 Å². The lowest BCUT2D eigenvalue weighted by Gasteiger charge is -2.15. The first-order valence-electron chi connectivity index (χ1n) is 4.98. The second kappa shape index (κ2) is 6.44. The van der Waals surface area contributed by atoms with Gasteiger partial charge in [0.2, 0.25) is 0 Å². The molecule has 74 valence electrons. The average Bonchev–Trinajstić information content (AvgIpc) is 1.84. The van der Waals surface area contributed by atoms with Gasteiger partial charge in [-0.3, -0.25) is 0 Å². The molecule has 0 amide bonds. The van der Waals surface area contributed by atoms with E-state index in [9.17, 15) is 0 Å². The highest BCUT2D eigenvalue weighted by Crippen LogP contribution is 2.01. The molecule has 0 rings (SSSR count). The zero-order chi connectivity index (χ0) is 9.56. The van der Waals surface area contributed by atoms with Gasteiger partial charge in [-0.1, -0.05) is 27.7 Å². The molecule has 0 aliphatic heterocycles. The Morgan fingerprint density at radius 1 is 1.00 bits per heavy atom. The van der Waals surface area contributed by atoms with Crippen LogP contribution in [0.3, 0.4) is 0 Å². The van der Waals surface area contributed by atoms with E-state index in [0.29, 0.717) is 12.0 Å². The smallest absolute Gasteiger partial charge is 0.0167 e. The van der Waals surface area contributed by atoms with Crippen LogP contribution in [0.4, 0.5) is 0 Å². The summed E-state index contributed by atoms with van der Waals surface area (Å²) in [7, 11) is 0. The van der Waals surface area contributed by atoms with Crippen molar-refractivity contribution >= 4 is 0 Å². The molecule has 0 spiro atoms.